The van der Waals surface area contributed by atoms with Crippen LogP contribution in [0, 0.1) is 16.0 Å². The first kappa shape index (κ1) is 13.8. The number of nitrogens with zero attached hydrogens (tertiary/aromatic N) is 2. The summed E-state index contributed by atoms with van der Waals surface area (Å²) in [6.45, 7) is 4.87. The topological polar surface area (TPSA) is 55.6 Å². The highest BCUT2D eigenvalue weighted by atomic mass is 16.6. The average molecular weight is 264 g/mol. The highest BCUT2D eigenvalue weighted by Gasteiger charge is 2.23. The number of ether oxygens (including phenoxy) is 1. The minimum atomic E-state index is -0.346. The molecule has 1 aliphatic rings. The van der Waals surface area contributed by atoms with Crippen LogP contribution in [-0.2, 0) is 6.54 Å². The van der Waals surface area contributed by atoms with E-state index in [1.807, 2.05) is 12.1 Å². The third-order valence-electron chi connectivity index (χ3n) is 3.62. The molecule has 5 heteroatoms. The average Bonchev–Trinajstić information content (AvgIpc) is 2.38. The van der Waals surface area contributed by atoms with Gasteiger partial charge < -0.3 is 4.74 Å². The van der Waals surface area contributed by atoms with Crippen molar-refractivity contribution in [2.75, 3.05) is 20.2 Å². The first-order chi connectivity index (χ1) is 9.11. The minimum absolute atomic E-state index is 0.100. The Morgan fingerprint density at radius 1 is 1.53 bits per heavy atom. The van der Waals surface area contributed by atoms with E-state index < -0.39 is 0 Å². The minimum Gasteiger partial charge on any atom is -0.490 e. The fourth-order valence-electron chi connectivity index (χ4n) is 2.74. The highest BCUT2D eigenvalue weighted by molar-refractivity contribution is 5.52. The van der Waals surface area contributed by atoms with Gasteiger partial charge in [0.05, 0.1) is 12.0 Å². The molecule has 1 unspecified atom stereocenters. The van der Waals surface area contributed by atoms with Gasteiger partial charge in [0.1, 0.15) is 0 Å². The molecule has 0 saturated carbocycles. The second-order valence-corrected chi connectivity index (χ2v) is 5.21. The molecular formula is C14H20N2O3. The largest absolute Gasteiger partial charge is 0.490 e. The van der Waals surface area contributed by atoms with Crippen molar-refractivity contribution in [3.05, 3.63) is 33.9 Å². The number of hydrogen-bond acceptors (Lipinski definition) is 4. The molecule has 0 N–H and O–H groups in total. The number of piperidine rings is 1. The van der Waals surface area contributed by atoms with Gasteiger partial charge in [-0.15, -0.1) is 0 Å². The van der Waals surface area contributed by atoms with Gasteiger partial charge >= 0.3 is 5.69 Å². The van der Waals surface area contributed by atoms with E-state index in [4.69, 9.17) is 4.74 Å². The predicted octanol–water partition coefficient (Wildman–Crippen LogP) is 2.84. The molecule has 1 aliphatic heterocycles. The number of hydrogen-bond donors (Lipinski definition) is 0. The summed E-state index contributed by atoms with van der Waals surface area (Å²) in [5.41, 5.74) is 0.835. The maximum Gasteiger partial charge on any atom is 0.315 e. The molecule has 0 aromatic heterocycles. The van der Waals surface area contributed by atoms with Crippen molar-refractivity contribution in [3.63, 3.8) is 0 Å². The molecule has 1 aromatic carbocycles. The fourth-order valence-corrected chi connectivity index (χ4v) is 2.74. The van der Waals surface area contributed by atoms with E-state index in [1.165, 1.54) is 20.0 Å². The molecule has 0 amide bonds. The smallest absolute Gasteiger partial charge is 0.315 e. The van der Waals surface area contributed by atoms with E-state index in [-0.39, 0.29) is 10.6 Å². The van der Waals surface area contributed by atoms with E-state index >= 15 is 0 Å². The van der Waals surface area contributed by atoms with Crippen LogP contribution in [0.1, 0.15) is 25.3 Å². The zero-order valence-corrected chi connectivity index (χ0v) is 11.5. The van der Waals surface area contributed by atoms with Gasteiger partial charge in [-0.3, -0.25) is 15.0 Å². The Bertz CT molecular complexity index is 462. The molecular weight excluding hydrogens is 244 g/mol. The van der Waals surface area contributed by atoms with Crippen molar-refractivity contribution in [2.45, 2.75) is 26.3 Å². The van der Waals surface area contributed by atoms with E-state index in [1.54, 1.807) is 6.07 Å². The molecule has 0 aliphatic carbocycles. The quantitative estimate of drug-likeness (QED) is 0.620. The summed E-state index contributed by atoms with van der Waals surface area (Å²) in [7, 11) is 1.47. The lowest BCUT2D eigenvalue weighted by atomic mass is 9.99. The van der Waals surface area contributed by atoms with Gasteiger partial charge in [-0.05, 0) is 31.4 Å². The van der Waals surface area contributed by atoms with E-state index in [0.29, 0.717) is 18.2 Å². The Morgan fingerprint density at radius 3 is 2.95 bits per heavy atom. The van der Waals surface area contributed by atoms with Gasteiger partial charge in [-0.2, -0.15) is 0 Å². The van der Waals surface area contributed by atoms with Crippen molar-refractivity contribution in [3.8, 4) is 5.75 Å². The van der Waals surface area contributed by atoms with Crippen LogP contribution in [0.15, 0.2) is 18.2 Å². The van der Waals surface area contributed by atoms with Crippen molar-refractivity contribution < 1.29 is 9.66 Å². The van der Waals surface area contributed by atoms with Crippen molar-refractivity contribution in [2.24, 2.45) is 5.92 Å². The Hall–Kier alpha value is -1.62. The molecule has 5 nitrogen and oxygen atoms in total. The highest BCUT2D eigenvalue weighted by Crippen LogP contribution is 2.32. The van der Waals surface area contributed by atoms with Gasteiger partial charge in [0, 0.05) is 18.7 Å². The molecule has 0 spiro atoms. The van der Waals surface area contributed by atoms with Crippen molar-refractivity contribution in [1.29, 1.82) is 0 Å². The molecule has 19 heavy (non-hydrogen) atoms. The standard InChI is InChI=1S/C14H20N2O3/c1-11-5-4-8-15(9-11)10-12-6-3-7-13(19-2)14(12)16(17)18/h3,6-7,11H,4-5,8-10H2,1-2H3. The SMILES string of the molecule is COc1cccc(CN2CCCC(C)C2)c1[N+](=O)[O-]. The maximum atomic E-state index is 11.2. The van der Waals surface area contributed by atoms with Crippen LogP contribution in [-0.4, -0.2) is 30.0 Å². The first-order valence-electron chi connectivity index (χ1n) is 6.64. The number of rotatable bonds is 4. The van der Waals surface area contributed by atoms with Gasteiger partial charge in [0.25, 0.3) is 0 Å². The number of benzene rings is 1. The first-order valence-corrected chi connectivity index (χ1v) is 6.64. The van der Waals surface area contributed by atoms with Crippen LogP contribution in [0.5, 0.6) is 5.75 Å². The Balaban J connectivity index is 2.21. The van der Waals surface area contributed by atoms with Crippen LogP contribution < -0.4 is 4.74 Å². The second kappa shape index (κ2) is 6.02. The van der Waals surface area contributed by atoms with Crippen molar-refractivity contribution in [1.82, 2.24) is 4.90 Å². The molecule has 0 radical (unpaired) electrons. The summed E-state index contributed by atoms with van der Waals surface area (Å²) >= 11 is 0. The zero-order valence-electron chi connectivity index (χ0n) is 11.5. The molecule has 1 fully saturated rings. The van der Waals surface area contributed by atoms with Gasteiger partial charge in [-0.1, -0.05) is 19.1 Å². The van der Waals surface area contributed by atoms with Crippen LogP contribution in [0.4, 0.5) is 5.69 Å². The molecule has 1 aromatic rings. The monoisotopic (exact) mass is 264 g/mol. The lowest BCUT2D eigenvalue weighted by molar-refractivity contribution is -0.386. The van der Waals surface area contributed by atoms with Gasteiger partial charge in [-0.25, -0.2) is 0 Å². The number of likely N-dealkylation sites (tertiary alicyclic amines) is 1. The summed E-state index contributed by atoms with van der Waals surface area (Å²) in [5.74, 6) is 1.01. The molecule has 1 atom stereocenters. The van der Waals surface area contributed by atoms with Gasteiger partial charge in [0.2, 0.25) is 0 Å². The molecule has 1 saturated heterocycles. The third kappa shape index (κ3) is 3.23. The molecule has 1 heterocycles. The van der Waals surface area contributed by atoms with Crippen LogP contribution >= 0.6 is 0 Å². The summed E-state index contributed by atoms with van der Waals surface area (Å²) in [4.78, 5) is 13.2. The van der Waals surface area contributed by atoms with Crippen molar-refractivity contribution >= 4 is 5.69 Å². The second-order valence-electron chi connectivity index (χ2n) is 5.21. The number of nitro groups is 1. The van der Waals surface area contributed by atoms with Crippen LogP contribution in [0.3, 0.4) is 0 Å². The normalized spacial score (nSPS) is 20.2. The summed E-state index contributed by atoms with van der Waals surface area (Å²) in [5, 5.41) is 11.2. The molecule has 0 bridgehead atoms. The number of methoxy groups -OCH3 is 1. The Kier molecular flexibility index (Phi) is 4.37. The third-order valence-corrected chi connectivity index (χ3v) is 3.62. The molecule has 2 rings (SSSR count). The number of nitro benzene ring substituents is 1. The maximum absolute atomic E-state index is 11.2. The zero-order chi connectivity index (χ0) is 13.8. The lowest BCUT2D eigenvalue weighted by Crippen LogP contribution is -2.33. The van der Waals surface area contributed by atoms with Crippen LogP contribution in [0.25, 0.3) is 0 Å². The van der Waals surface area contributed by atoms with Gasteiger partial charge in [0.15, 0.2) is 5.75 Å². The van der Waals surface area contributed by atoms with E-state index in [0.717, 1.165) is 18.7 Å². The molecule has 104 valence electrons. The Morgan fingerprint density at radius 2 is 2.32 bits per heavy atom. The predicted molar refractivity (Wildman–Crippen MR) is 73.3 cm³/mol. The summed E-state index contributed by atoms with van der Waals surface area (Å²) in [6.07, 6.45) is 2.41. The van der Waals surface area contributed by atoms with E-state index in [2.05, 4.69) is 11.8 Å². The fraction of sp³-hybridized carbons (Fsp3) is 0.571. The van der Waals surface area contributed by atoms with E-state index in [9.17, 15) is 10.1 Å². The van der Waals surface area contributed by atoms with Crippen LogP contribution in [0.2, 0.25) is 0 Å². The summed E-state index contributed by atoms with van der Waals surface area (Å²) in [6, 6.07) is 5.27. The lowest BCUT2D eigenvalue weighted by Gasteiger charge is -2.30. The summed E-state index contributed by atoms with van der Waals surface area (Å²) < 4.78 is 5.10. The Labute approximate surface area is 113 Å². The number of para-hydroxylation sites is 1.